The molecule has 148 valence electrons. The first-order chi connectivity index (χ1) is 13.2. The van der Waals surface area contributed by atoms with Crippen LogP contribution in [0.2, 0.25) is 0 Å². The second-order valence-corrected chi connectivity index (χ2v) is 8.23. The molecule has 1 heterocycles. The minimum Gasteiger partial charge on any atom is -0.338 e. The fraction of sp³-hybridized carbons (Fsp3) is 0.333. The van der Waals surface area contributed by atoms with Crippen LogP contribution in [0.4, 0.5) is 8.78 Å². The molecule has 4 nitrogen and oxygen atoms in total. The summed E-state index contributed by atoms with van der Waals surface area (Å²) in [5.41, 5.74) is -0.366. The van der Waals surface area contributed by atoms with Crippen LogP contribution in [0.25, 0.3) is 0 Å². The van der Waals surface area contributed by atoms with Crippen LogP contribution in [0.1, 0.15) is 29.8 Å². The van der Waals surface area contributed by atoms with E-state index in [9.17, 15) is 18.4 Å². The van der Waals surface area contributed by atoms with Crippen molar-refractivity contribution in [3.05, 3.63) is 69.7 Å². The molecule has 0 saturated carbocycles. The molecule has 2 amide bonds. The van der Waals surface area contributed by atoms with Crippen LogP contribution in [0, 0.1) is 11.6 Å². The van der Waals surface area contributed by atoms with Crippen LogP contribution in [-0.4, -0.2) is 47.8 Å². The Morgan fingerprint density at radius 1 is 0.893 bits per heavy atom. The quantitative estimate of drug-likeness (QED) is 0.709. The molecule has 2 aromatic carbocycles. The molecule has 1 saturated heterocycles. The van der Waals surface area contributed by atoms with Crippen molar-refractivity contribution in [1.29, 1.82) is 0 Å². The first-order valence-corrected chi connectivity index (χ1v) is 9.80. The maximum absolute atomic E-state index is 13.9. The van der Waals surface area contributed by atoms with E-state index in [-0.39, 0.29) is 19.0 Å². The number of benzene rings is 2. The number of hydrogen-bond acceptors (Lipinski definition) is 2. The van der Waals surface area contributed by atoms with Gasteiger partial charge in [-0.25, -0.2) is 8.78 Å². The minimum absolute atomic E-state index is 0.0426. The third kappa shape index (κ3) is 3.94. The molecule has 0 aliphatic carbocycles. The lowest BCUT2D eigenvalue weighted by atomic mass is 9.83. The number of hydrogen-bond donors (Lipinski definition) is 0. The third-order valence-corrected chi connectivity index (χ3v) is 5.66. The highest BCUT2D eigenvalue weighted by Crippen LogP contribution is 2.28. The Hall–Kier alpha value is -2.28. The van der Waals surface area contributed by atoms with Crippen LogP contribution >= 0.6 is 15.9 Å². The van der Waals surface area contributed by atoms with E-state index < -0.39 is 28.5 Å². The van der Waals surface area contributed by atoms with E-state index in [4.69, 9.17) is 0 Å². The molecule has 0 N–H and O–H groups in total. The molecule has 7 heteroatoms. The zero-order valence-electron chi connectivity index (χ0n) is 15.7. The van der Waals surface area contributed by atoms with E-state index in [2.05, 4.69) is 15.9 Å². The predicted molar refractivity (Wildman–Crippen MR) is 106 cm³/mol. The lowest BCUT2D eigenvalue weighted by Gasteiger charge is -2.38. The largest absolute Gasteiger partial charge is 0.338 e. The Bertz CT molecular complexity index is 872. The van der Waals surface area contributed by atoms with Crippen molar-refractivity contribution in [2.45, 2.75) is 19.3 Å². The smallest absolute Gasteiger partial charge is 0.259 e. The molecule has 0 unspecified atom stereocenters. The van der Waals surface area contributed by atoms with Crippen LogP contribution in [0.3, 0.4) is 0 Å². The standard InChI is InChI=1S/C21H21BrF2N2O2/c1-21(2,14-6-8-15(22)9-7-14)20(28)26-12-10-25(11-13-26)19(27)18-16(23)4-3-5-17(18)24/h3-9H,10-13H2,1-2H3. The van der Waals surface area contributed by atoms with Gasteiger partial charge in [0, 0.05) is 30.7 Å². The summed E-state index contributed by atoms with van der Waals surface area (Å²) in [5.74, 6) is -2.48. The fourth-order valence-electron chi connectivity index (χ4n) is 3.36. The zero-order valence-corrected chi connectivity index (χ0v) is 17.3. The molecule has 0 aromatic heterocycles. The molecular weight excluding hydrogens is 430 g/mol. The number of carbonyl (C=O) groups is 2. The number of piperazine rings is 1. The van der Waals surface area contributed by atoms with Crippen LogP contribution in [-0.2, 0) is 10.2 Å². The molecule has 0 atom stereocenters. The van der Waals surface area contributed by atoms with Crippen LogP contribution < -0.4 is 0 Å². The van der Waals surface area contributed by atoms with Crippen LogP contribution in [0.5, 0.6) is 0 Å². The summed E-state index contributed by atoms with van der Waals surface area (Å²) in [6.07, 6.45) is 0. The second kappa shape index (κ2) is 7.99. The van der Waals surface area contributed by atoms with E-state index >= 15 is 0 Å². The fourth-order valence-corrected chi connectivity index (χ4v) is 3.62. The average molecular weight is 451 g/mol. The van der Waals surface area contributed by atoms with E-state index in [1.807, 2.05) is 38.1 Å². The van der Waals surface area contributed by atoms with Gasteiger partial charge in [-0.05, 0) is 43.7 Å². The monoisotopic (exact) mass is 450 g/mol. The van der Waals surface area contributed by atoms with Gasteiger partial charge in [0.1, 0.15) is 17.2 Å². The van der Waals surface area contributed by atoms with Gasteiger partial charge in [0.25, 0.3) is 5.91 Å². The number of halogens is 3. The molecule has 0 radical (unpaired) electrons. The van der Waals surface area contributed by atoms with Gasteiger partial charge in [0.15, 0.2) is 0 Å². The molecule has 0 spiro atoms. The van der Waals surface area contributed by atoms with Gasteiger partial charge in [-0.3, -0.25) is 9.59 Å². The number of carbonyl (C=O) groups excluding carboxylic acids is 2. The molecule has 1 fully saturated rings. The van der Waals surface area contributed by atoms with E-state index in [1.54, 1.807) is 4.90 Å². The summed E-state index contributed by atoms with van der Waals surface area (Å²) < 4.78 is 28.7. The Kier molecular flexibility index (Phi) is 5.84. The summed E-state index contributed by atoms with van der Waals surface area (Å²) in [5, 5.41) is 0. The van der Waals surface area contributed by atoms with Crippen molar-refractivity contribution in [2.24, 2.45) is 0 Å². The molecule has 2 aromatic rings. The Morgan fingerprint density at radius 3 is 1.93 bits per heavy atom. The normalized spacial score (nSPS) is 14.9. The highest BCUT2D eigenvalue weighted by molar-refractivity contribution is 9.10. The first kappa shape index (κ1) is 20.5. The molecule has 28 heavy (non-hydrogen) atoms. The third-order valence-electron chi connectivity index (χ3n) is 5.13. The van der Waals surface area contributed by atoms with Gasteiger partial charge >= 0.3 is 0 Å². The summed E-state index contributed by atoms with van der Waals surface area (Å²) in [4.78, 5) is 28.6. The van der Waals surface area contributed by atoms with Gasteiger partial charge < -0.3 is 9.80 Å². The zero-order chi connectivity index (χ0) is 20.5. The predicted octanol–water partition coefficient (Wildman–Crippen LogP) is 3.99. The average Bonchev–Trinajstić information content (AvgIpc) is 2.67. The van der Waals surface area contributed by atoms with Crippen molar-refractivity contribution in [2.75, 3.05) is 26.2 Å². The van der Waals surface area contributed by atoms with Crippen molar-refractivity contribution in [3.63, 3.8) is 0 Å². The maximum atomic E-state index is 13.9. The van der Waals surface area contributed by atoms with E-state index in [0.29, 0.717) is 13.1 Å². The highest BCUT2D eigenvalue weighted by Gasteiger charge is 2.36. The molecular formula is C21H21BrF2N2O2. The minimum atomic E-state index is -0.875. The topological polar surface area (TPSA) is 40.6 Å². The van der Waals surface area contributed by atoms with Gasteiger partial charge in [0.2, 0.25) is 5.91 Å². The molecule has 1 aliphatic heterocycles. The molecule has 0 bridgehead atoms. The van der Waals surface area contributed by atoms with Gasteiger partial charge in [-0.1, -0.05) is 34.1 Å². The molecule has 1 aliphatic rings. The van der Waals surface area contributed by atoms with Crippen molar-refractivity contribution in [3.8, 4) is 0 Å². The van der Waals surface area contributed by atoms with E-state index in [0.717, 1.165) is 22.2 Å². The summed E-state index contributed by atoms with van der Waals surface area (Å²) >= 11 is 3.39. The van der Waals surface area contributed by atoms with E-state index in [1.165, 1.54) is 11.0 Å². The van der Waals surface area contributed by atoms with Gasteiger partial charge in [-0.15, -0.1) is 0 Å². The van der Waals surface area contributed by atoms with Crippen molar-refractivity contribution >= 4 is 27.7 Å². The highest BCUT2D eigenvalue weighted by atomic mass is 79.9. The maximum Gasteiger partial charge on any atom is 0.259 e. The van der Waals surface area contributed by atoms with Crippen molar-refractivity contribution in [1.82, 2.24) is 9.80 Å². The Balaban J connectivity index is 1.68. The lowest BCUT2D eigenvalue weighted by molar-refractivity contribution is -0.137. The van der Waals surface area contributed by atoms with Crippen LogP contribution in [0.15, 0.2) is 46.9 Å². The summed E-state index contributed by atoms with van der Waals surface area (Å²) in [6, 6.07) is 11.0. The van der Waals surface area contributed by atoms with Gasteiger partial charge in [0.05, 0.1) is 5.41 Å². The SMILES string of the molecule is CC(C)(C(=O)N1CCN(C(=O)c2c(F)cccc2F)CC1)c1ccc(Br)cc1. The lowest BCUT2D eigenvalue weighted by Crippen LogP contribution is -2.54. The molecule has 3 rings (SSSR count). The summed E-state index contributed by atoms with van der Waals surface area (Å²) in [6.45, 7) is 4.83. The van der Waals surface area contributed by atoms with Crippen molar-refractivity contribution < 1.29 is 18.4 Å². The number of nitrogens with zero attached hydrogens (tertiary/aromatic N) is 2. The number of rotatable bonds is 3. The first-order valence-electron chi connectivity index (χ1n) is 9.00. The second-order valence-electron chi connectivity index (χ2n) is 7.31. The Labute approximate surface area is 171 Å². The summed E-state index contributed by atoms with van der Waals surface area (Å²) in [7, 11) is 0. The number of amides is 2. The Morgan fingerprint density at radius 2 is 1.39 bits per heavy atom. The van der Waals surface area contributed by atoms with Gasteiger partial charge in [-0.2, -0.15) is 0 Å².